The van der Waals surface area contributed by atoms with E-state index in [1.807, 2.05) is 0 Å². The molecule has 2 aliphatic carbocycles. The smallest absolute Gasteiger partial charge is 0.0679 e. The van der Waals surface area contributed by atoms with Crippen molar-refractivity contribution in [1.82, 2.24) is 0 Å². The Morgan fingerprint density at radius 3 is 2.12 bits per heavy atom. The topological polar surface area (TPSA) is 0 Å². The lowest BCUT2D eigenvalue weighted by Gasteiger charge is -2.39. The van der Waals surface area contributed by atoms with Crippen LogP contribution in [0.4, 0.5) is 0 Å². The summed E-state index contributed by atoms with van der Waals surface area (Å²) in [6, 6.07) is 11.5. The van der Waals surface area contributed by atoms with Crippen molar-refractivity contribution in [3.63, 3.8) is 0 Å². The molecule has 26 heavy (non-hydrogen) atoms. The lowest BCUT2D eigenvalue weighted by molar-refractivity contribution is 0.965. The monoisotopic (exact) mass is 422 g/mol. The number of benzene rings is 2. The van der Waals surface area contributed by atoms with E-state index in [1.54, 1.807) is 11.1 Å². The van der Waals surface area contributed by atoms with Crippen molar-refractivity contribution in [3.05, 3.63) is 79.3 Å². The van der Waals surface area contributed by atoms with E-state index < -0.39 is 8.07 Å². The molecule has 0 aromatic heterocycles. The maximum atomic E-state index is 3.77. The van der Waals surface area contributed by atoms with Crippen molar-refractivity contribution in [2.45, 2.75) is 51.9 Å². The fourth-order valence-corrected chi connectivity index (χ4v) is 11.1. The van der Waals surface area contributed by atoms with E-state index in [0.717, 1.165) is 0 Å². The lowest BCUT2D eigenvalue weighted by Crippen LogP contribution is -2.42. The molecule has 2 aromatic carbocycles. The van der Waals surface area contributed by atoms with Crippen molar-refractivity contribution in [3.8, 4) is 0 Å². The number of hydrogen-bond acceptors (Lipinski definition) is 0. The second kappa shape index (κ2) is 6.07. The highest BCUT2D eigenvalue weighted by atomic mass is 79.9. The van der Waals surface area contributed by atoms with Crippen LogP contribution in [0.1, 0.15) is 58.3 Å². The van der Waals surface area contributed by atoms with Gasteiger partial charge in [-0.1, -0.05) is 82.2 Å². The zero-order valence-corrected chi connectivity index (χ0v) is 19.2. The lowest BCUT2D eigenvalue weighted by atomic mass is 10.0. The molecule has 0 fully saturated rings. The minimum atomic E-state index is -1.69. The molecular formula is C24H27BrSi. The van der Waals surface area contributed by atoms with E-state index in [0.29, 0.717) is 11.1 Å². The molecule has 2 aliphatic rings. The Balaban J connectivity index is 1.87. The Labute approximate surface area is 167 Å². The molecule has 0 radical (unpaired) electrons. The molecule has 4 rings (SSSR count). The fraction of sp³-hybridized carbons (Fsp3) is 0.333. The van der Waals surface area contributed by atoms with Gasteiger partial charge in [-0.2, -0.15) is 0 Å². The molecule has 0 aliphatic heterocycles. The third-order valence-electron chi connectivity index (χ3n) is 6.41. The van der Waals surface area contributed by atoms with Gasteiger partial charge in [0.2, 0.25) is 0 Å². The summed E-state index contributed by atoms with van der Waals surface area (Å²) < 4.78 is 1.23. The van der Waals surface area contributed by atoms with Crippen LogP contribution in [0, 0.1) is 13.8 Å². The van der Waals surface area contributed by atoms with Crippen molar-refractivity contribution >= 4 is 36.2 Å². The maximum absolute atomic E-state index is 3.77. The van der Waals surface area contributed by atoms with Crippen LogP contribution < -0.4 is 0 Å². The van der Waals surface area contributed by atoms with Gasteiger partial charge in [0.1, 0.15) is 0 Å². The molecule has 2 aromatic rings. The summed E-state index contributed by atoms with van der Waals surface area (Å²) in [5.74, 6) is 0. The van der Waals surface area contributed by atoms with Gasteiger partial charge in [0.05, 0.1) is 8.07 Å². The minimum absolute atomic E-state index is 0.579. The zero-order valence-electron chi connectivity index (χ0n) is 16.6. The van der Waals surface area contributed by atoms with Gasteiger partial charge in [0, 0.05) is 15.6 Å². The first-order valence-electron chi connectivity index (χ1n) is 9.47. The molecule has 0 bridgehead atoms. The van der Waals surface area contributed by atoms with Crippen LogP contribution in [0.25, 0.3) is 12.2 Å². The zero-order chi connectivity index (χ0) is 18.8. The first kappa shape index (κ1) is 18.0. The average molecular weight is 423 g/mol. The Morgan fingerprint density at radius 2 is 1.42 bits per heavy atom. The van der Waals surface area contributed by atoms with E-state index in [1.165, 1.54) is 37.9 Å². The predicted molar refractivity (Wildman–Crippen MR) is 120 cm³/mol. The first-order valence-corrected chi connectivity index (χ1v) is 13.4. The average Bonchev–Trinajstić information content (AvgIpc) is 3.05. The van der Waals surface area contributed by atoms with Crippen LogP contribution in [0.15, 0.2) is 46.0 Å². The summed E-state index contributed by atoms with van der Waals surface area (Å²) in [7, 11) is -1.69. The number of allylic oxidation sites excluding steroid dienone is 2. The second-order valence-corrected chi connectivity index (χ2v) is 14.4. The van der Waals surface area contributed by atoms with E-state index in [9.17, 15) is 0 Å². The number of halogens is 1. The van der Waals surface area contributed by atoms with Gasteiger partial charge in [-0.05, 0) is 61.6 Å². The van der Waals surface area contributed by atoms with Crippen LogP contribution >= 0.6 is 15.9 Å². The Morgan fingerprint density at radius 1 is 0.808 bits per heavy atom. The molecule has 0 saturated heterocycles. The number of hydrogen-bond donors (Lipinski definition) is 0. The van der Waals surface area contributed by atoms with Crippen molar-refractivity contribution in [2.75, 3.05) is 0 Å². The van der Waals surface area contributed by atoms with Crippen LogP contribution in [-0.4, -0.2) is 8.07 Å². The van der Waals surface area contributed by atoms with E-state index in [4.69, 9.17) is 0 Å². The third-order valence-corrected chi connectivity index (χ3v) is 11.6. The molecule has 0 nitrogen and oxygen atoms in total. The minimum Gasteiger partial charge on any atom is -0.0679 e. The van der Waals surface area contributed by atoms with Crippen molar-refractivity contribution in [2.24, 2.45) is 0 Å². The number of rotatable bonds is 2. The Hall–Kier alpha value is -1.38. The summed E-state index contributed by atoms with van der Waals surface area (Å²) >= 11 is 3.77. The molecule has 0 saturated carbocycles. The van der Waals surface area contributed by atoms with Gasteiger partial charge < -0.3 is 0 Å². The SMILES string of the molecule is CC1=Cc2c(C)cc(C)cc2C1[Si](C)(C)C1C(C)=Cc2c(Br)cccc21. The van der Waals surface area contributed by atoms with E-state index >= 15 is 0 Å². The fourth-order valence-electron chi connectivity index (χ4n) is 5.66. The molecule has 2 unspecified atom stereocenters. The molecule has 0 N–H and O–H groups in total. The summed E-state index contributed by atoms with van der Waals surface area (Å²) in [4.78, 5) is 0. The highest BCUT2D eigenvalue weighted by Gasteiger charge is 2.47. The van der Waals surface area contributed by atoms with Crippen LogP contribution in [0.5, 0.6) is 0 Å². The Kier molecular flexibility index (Phi) is 4.20. The maximum Gasteiger partial charge on any atom is 0.0722 e. The normalized spacial score (nSPS) is 21.3. The molecule has 2 atom stereocenters. The standard InChI is InChI=1S/C24H27BrSi/c1-14-10-15(2)19-12-16(3)24(21(19)11-14)26(5,6)23-17(4)13-20-18(23)8-7-9-22(20)25/h7-13,23-24H,1-6H3. The van der Waals surface area contributed by atoms with Gasteiger partial charge >= 0.3 is 0 Å². The first-order chi connectivity index (χ1) is 12.2. The summed E-state index contributed by atoms with van der Waals surface area (Å²) in [6.07, 6.45) is 4.87. The van der Waals surface area contributed by atoms with Gasteiger partial charge in [-0.25, -0.2) is 0 Å². The molecule has 0 amide bonds. The highest BCUT2D eigenvalue weighted by molar-refractivity contribution is 9.10. The second-order valence-electron chi connectivity index (χ2n) is 8.79. The van der Waals surface area contributed by atoms with Crippen molar-refractivity contribution in [1.29, 1.82) is 0 Å². The number of fused-ring (bicyclic) bond motifs is 2. The highest BCUT2D eigenvalue weighted by Crippen LogP contribution is 2.53. The largest absolute Gasteiger partial charge is 0.0722 e. The predicted octanol–water partition coefficient (Wildman–Crippen LogP) is 7.55. The molecule has 0 heterocycles. The molecule has 134 valence electrons. The van der Waals surface area contributed by atoms with Crippen LogP contribution in [0.3, 0.4) is 0 Å². The quantitative estimate of drug-likeness (QED) is 0.437. The summed E-state index contributed by atoms with van der Waals surface area (Å²) in [6.45, 7) is 14.4. The van der Waals surface area contributed by atoms with Gasteiger partial charge in [0.15, 0.2) is 0 Å². The molecular weight excluding hydrogens is 396 g/mol. The summed E-state index contributed by atoms with van der Waals surface area (Å²) in [5.41, 5.74) is 13.1. The molecule has 0 spiro atoms. The Bertz CT molecular complexity index is 978. The van der Waals surface area contributed by atoms with Gasteiger partial charge in [0.25, 0.3) is 0 Å². The molecule has 2 heteroatoms. The van der Waals surface area contributed by atoms with Crippen molar-refractivity contribution < 1.29 is 0 Å². The van der Waals surface area contributed by atoms with Crippen LogP contribution in [-0.2, 0) is 0 Å². The van der Waals surface area contributed by atoms with Crippen LogP contribution in [0.2, 0.25) is 13.1 Å². The van der Waals surface area contributed by atoms with E-state index in [2.05, 4.69) is 99.2 Å². The van der Waals surface area contributed by atoms with Gasteiger partial charge in [-0.3, -0.25) is 0 Å². The van der Waals surface area contributed by atoms with E-state index in [-0.39, 0.29) is 0 Å². The third kappa shape index (κ3) is 2.53. The van der Waals surface area contributed by atoms with Gasteiger partial charge in [-0.15, -0.1) is 0 Å². The summed E-state index contributed by atoms with van der Waals surface area (Å²) in [5, 5.41) is 0. The number of aryl methyl sites for hydroxylation is 2.